The number of aromatic hydroxyl groups is 1. The molecule has 3 heterocycles. The highest BCUT2D eigenvalue weighted by atomic mass is 16.4. The number of hydrogen-bond donors (Lipinski definition) is 1. The van der Waals surface area contributed by atoms with E-state index in [4.69, 9.17) is 4.42 Å². The molecule has 2 aliphatic heterocycles. The first-order valence-corrected chi connectivity index (χ1v) is 12.3. The number of para-hydroxylation sites is 1. The number of anilines is 1. The number of likely N-dealkylation sites (tertiary alicyclic amines) is 1. The summed E-state index contributed by atoms with van der Waals surface area (Å²) in [6.07, 6.45) is 4.98. The first kappa shape index (κ1) is 22.5. The number of piperazine rings is 1. The number of benzene rings is 1. The van der Waals surface area contributed by atoms with E-state index in [0.29, 0.717) is 35.7 Å². The smallest absolute Gasteiger partial charge is 0.343 e. The predicted octanol–water partition coefficient (Wildman–Crippen LogP) is 4.07. The summed E-state index contributed by atoms with van der Waals surface area (Å²) in [5.74, 6) is 0.127. The quantitative estimate of drug-likeness (QED) is 0.740. The Morgan fingerprint density at radius 2 is 1.76 bits per heavy atom. The zero-order chi connectivity index (χ0) is 23.2. The molecule has 1 saturated carbocycles. The SMILES string of the molecule is CC1(C)C[C@H]2C[C@@](C)(CN2Cc2c(O)c(CN3CCN(c4ccccc4)CC3)coc2=O)C1. The van der Waals surface area contributed by atoms with Crippen LogP contribution in [0.25, 0.3) is 0 Å². The molecule has 0 amide bonds. The lowest BCUT2D eigenvalue weighted by molar-refractivity contribution is 0.126. The van der Waals surface area contributed by atoms with Crippen molar-refractivity contribution in [1.82, 2.24) is 9.80 Å². The molecular weight excluding hydrogens is 414 g/mol. The minimum absolute atomic E-state index is 0.127. The first-order valence-electron chi connectivity index (χ1n) is 12.3. The van der Waals surface area contributed by atoms with Gasteiger partial charge in [-0.2, -0.15) is 0 Å². The summed E-state index contributed by atoms with van der Waals surface area (Å²) in [5, 5.41) is 11.1. The average Bonchev–Trinajstić information content (AvgIpc) is 3.02. The second-order valence-corrected chi connectivity index (χ2v) is 11.6. The Labute approximate surface area is 196 Å². The predicted molar refractivity (Wildman–Crippen MR) is 131 cm³/mol. The molecule has 2 aromatic rings. The Morgan fingerprint density at radius 1 is 1.03 bits per heavy atom. The summed E-state index contributed by atoms with van der Waals surface area (Å²) >= 11 is 0. The van der Waals surface area contributed by atoms with Gasteiger partial charge >= 0.3 is 5.63 Å². The van der Waals surface area contributed by atoms with Gasteiger partial charge in [0.05, 0.1) is 5.56 Å². The van der Waals surface area contributed by atoms with Crippen LogP contribution in [0.1, 0.15) is 51.2 Å². The molecule has 0 spiro atoms. The highest BCUT2D eigenvalue weighted by molar-refractivity contribution is 5.46. The lowest BCUT2D eigenvalue weighted by Crippen LogP contribution is -2.46. The molecule has 1 N–H and O–H groups in total. The van der Waals surface area contributed by atoms with Gasteiger partial charge in [0.2, 0.25) is 0 Å². The van der Waals surface area contributed by atoms with Crippen molar-refractivity contribution in [2.75, 3.05) is 37.6 Å². The Hall–Kier alpha value is -2.31. The van der Waals surface area contributed by atoms with Gasteiger partial charge in [0, 0.05) is 63.1 Å². The maximum absolute atomic E-state index is 12.6. The lowest BCUT2D eigenvalue weighted by atomic mass is 9.65. The van der Waals surface area contributed by atoms with Crippen molar-refractivity contribution in [2.45, 2.75) is 59.2 Å². The molecular formula is C27H37N3O3. The monoisotopic (exact) mass is 451 g/mol. The van der Waals surface area contributed by atoms with Gasteiger partial charge < -0.3 is 14.4 Å². The third-order valence-corrected chi connectivity index (χ3v) is 7.92. The third kappa shape index (κ3) is 4.69. The second-order valence-electron chi connectivity index (χ2n) is 11.6. The Balaban J connectivity index is 1.26. The highest BCUT2D eigenvalue weighted by Crippen LogP contribution is 2.52. The molecule has 33 heavy (non-hydrogen) atoms. The number of fused-ring (bicyclic) bond motifs is 2. The van der Waals surface area contributed by atoms with Crippen LogP contribution in [0.15, 0.2) is 45.8 Å². The van der Waals surface area contributed by atoms with Crippen molar-refractivity contribution in [3.05, 3.63) is 58.1 Å². The van der Waals surface area contributed by atoms with Gasteiger partial charge in [-0.05, 0) is 42.2 Å². The van der Waals surface area contributed by atoms with E-state index in [9.17, 15) is 9.90 Å². The van der Waals surface area contributed by atoms with Gasteiger partial charge in [-0.1, -0.05) is 39.0 Å². The Morgan fingerprint density at radius 3 is 2.48 bits per heavy atom. The van der Waals surface area contributed by atoms with Crippen LogP contribution in [-0.4, -0.2) is 53.7 Å². The fourth-order valence-corrected chi connectivity index (χ4v) is 6.80. The molecule has 3 aliphatic rings. The topological polar surface area (TPSA) is 60.2 Å². The zero-order valence-electron chi connectivity index (χ0n) is 20.2. The maximum atomic E-state index is 12.6. The molecule has 1 aromatic heterocycles. The van der Waals surface area contributed by atoms with Crippen LogP contribution in [-0.2, 0) is 13.1 Å². The molecule has 1 aliphatic carbocycles. The van der Waals surface area contributed by atoms with Crippen LogP contribution in [0.2, 0.25) is 0 Å². The van der Waals surface area contributed by atoms with E-state index in [1.165, 1.54) is 24.8 Å². The normalized spacial score (nSPS) is 27.7. The summed E-state index contributed by atoms with van der Waals surface area (Å²) in [4.78, 5) is 19.7. The van der Waals surface area contributed by atoms with E-state index in [1.807, 2.05) is 6.07 Å². The van der Waals surface area contributed by atoms with Crippen LogP contribution in [0.3, 0.4) is 0 Å². The molecule has 3 fully saturated rings. The van der Waals surface area contributed by atoms with E-state index in [2.05, 4.69) is 59.7 Å². The molecule has 2 bridgehead atoms. The zero-order valence-corrected chi connectivity index (χ0v) is 20.2. The van der Waals surface area contributed by atoms with Crippen molar-refractivity contribution < 1.29 is 9.52 Å². The highest BCUT2D eigenvalue weighted by Gasteiger charge is 2.49. The number of rotatable bonds is 5. The molecule has 2 atom stereocenters. The average molecular weight is 452 g/mol. The van der Waals surface area contributed by atoms with Gasteiger partial charge in [-0.3, -0.25) is 9.80 Å². The first-order chi connectivity index (χ1) is 15.7. The minimum atomic E-state index is -0.406. The van der Waals surface area contributed by atoms with Gasteiger partial charge in [0.25, 0.3) is 0 Å². The molecule has 2 saturated heterocycles. The lowest BCUT2D eigenvalue weighted by Gasteiger charge is -2.39. The van der Waals surface area contributed by atoms with Crippen LogP contribution in [0.4, 0.5) is 5.69 Å². The number of nitrogens with zero attached hydrogens (tertiary/aromatic N) is 3. The summed E-state index contributed by atoms with van der Waals surface area (Å²) in [6.45, 7) is 12.8. The fraction of sp³-hybridized carbons (Fsp3) is 0.593. The van der Waals surface area contributed by atoms with Gasteiger partial charge in [0.15, 0.2) is 0 Å². The summed E-state index contributed by atoms with van der Waals surface area (Å²) in [6, 6.07) is 10.9. The van der Waals surface area contributed by atoms with E-state index in [-0.39, 0.29) is 11.2 Å². The molecule has 6 nitrogen and oxygen atoms in total. The molecule has 5 rings (SSSR count). The largest absolute Gasteiger partial charge is 0.507 e. The van der Waals surface area contributed by atoms with Crippen LogP contribution in [0, 0.1) is 10.8 Å². The molecule has 0 radical (unpaired) electrons. The molecule has 6 heteroatoms. The second kappa shape index (κ2) is 8.48. The Kier molecular flexibility index (Phi) is 5.78. The van der Waals surface area contributed by atoms with Crippen molar-refractivity contribution in [1.29, 1.82) is 0 Å². The molecule has 0 unspecified atom stereocenters. The fourth-order valence-electron chi connectivity index (χ4n) is 6.80. The third-order valence-electron chi connectivity index (χ3n) is 7.92. The summed E-state index contributed by atoms with van der Waals surface area (Å²) in [7, 11) is 0. The van der Waals surface area contributed by atoms with E-state index >= 15 is 0 Å². The van der Waals surface area contributed by atoms with Gasteiger partial charge in [-0.25, -0.2) is 4.79 Å². The van der Waals surface area contributed by atoms with Crippen molar-refractivity contribution in [3.63, 3.8) is 0 Å². The van der Waals surface area contributed by atoms with Crippen LogP contribution >= 0.6 is 0 Å². The molecule has 178 valence electrons. The van der Waals surface area contributed by atoms with E-state index < -0.39 is 5.63 Å². The van der Waals surface area contributed by atoms with Crippen molar-refractivity contribution in [2.24, 2.45) is 10.8 Å². The summed E-state index contributed by atoms with van der Waals surface area (Å²) < 4.78 is 5.41. The number of hydrogen-bond acceptors (Lipinski definition) is 6. The molecule has 1 aromatic carbocycles. The van der Waals surface area contributed by atoms with E-state index in [1.54, 1.807) is 0 Å². The van der Waals surface area contributed by atoms with Gasteiger partial charge in [-0.15, -0.1) is 0 Å². The van der Waals surface area contributed by atoms with E-state index in [0.717, 1.165) is 39.1 Å². The van der Waals surface area contributed by atoms with Crippen LogP contribution < -0.4 is 10.5 Å². The maximum Gasteiger partial charge on any atom is 0.343 e. The minimum Gasteiger partial charge on any atom is -0.507 e. The van der Waals surface area contributed by atoms with Gasteiger partial charge in [0.1, 0.15) is 12.0 Å². The Bertz CT molecular complexity index is 1040. The summed E-state index contributed by atoms with van der Waals surface area (Å²) in [5.41, 5.74) is 2.59. The van der Waals surface area contributed by atoms with Crippen molar-refractivity contribution >= 4 is 5.69 Å². The van der Waals surface area contributed by atoms with Crippen LogP contribution in [0.5, 0.6) is 5.75 Å². The standard InChI is InChI=1S/C27H37N3O3/c1-26(2)13-22-14-27(3,18-26)19-30(22)16-23-24(31)20(17-33-25(23)32)15-28-9-11-29(12-10-28)21-7-5-4-6-8-21/h4-8,17,22,31H,9-16,18-19H2,1-3H3/t22-,27+/m0/s1. The van der Waals surface area contributed by atoms with Crippen molar-refractivity contribution in [3.8, 4) is 5.75 Å².